The van der Waals surface area contributed by atoms with Crippen molar-refractivity contribution in [3.05, 3.63) is 39.4 Å². The van der Waals surface area contributed by atoms with Gasteiger partial charge in [-0.1, -0.05) is 11.3 Å². The van der Waals surface area contributed by atoms with Crippen LogP contribution in [0.1, 0.15) is 10.4 Å². The normalized spacial score (nSPS) is 10.0. The van der Waals surface area contributed by atoms with Crippen molar-refractivity contribution in [1.82, 2.24) is 10.2 Å². The zero-order valence-electron chi connectivity index (χ0n) is 8.73. The largest absolute Gasteiger partial charge is 0.502 e. The van der Waals surface area contributed by atoms with Crippen LogP contribution in [0.4, 0.5) is 10.8 Å². The molecule has 0 saturated heterocycles. The molecule has 18 heavy (non-hydrogen) atoms. The Morgan fingerprint density at radius 1 is 1.50 bits per heavy atom. The molecule has 9 heteroatoms. The molecule has 0 atom stereocenters. The first kappa shape index (κ1) is 11.9. The van der Waals surface area contributed by atoms with E-state index in [1.54, 1.807) is 0 Å². The van der Waals surface area contributed by atoms with Crippen LogP contribution in [0.25, 0.3) is 0 Å². The number of aromatic hydroxyl groups is 1. The average Bonchev–Trinajstić information content (AvgIpc) is 2.81. The van der Waals surface area contributed by atoms with E-state index in [-0.39, 0.29) is 5.56 Å². The quantitative estimate of drug-likeness (QED) is 0.640. The van der Waals surface area contributed by atoms with Crippen molar-refractivity contribution in [2.75, 3.05) is 5.32 Å². The minimum Gasteiger partial charge on any atom is -0.502 e. The molecule has 2 rings (SSSR count). The van der Waals surface area contributed by atoms with E-state index in [1.807, 2.05) is 0 Å². The van der Waals surface area contributed by atoms with Gasteiger partial charge in [-0.05, 0) is 12.1 Å². The van der Waals surface area contributed by atoms with Gasteiger partial charge in [-0.15, -0.1) is 10.2 Å². The number of aromatic nitrogens is 2. The molecule has 0 bridgehead atoms. The Hall–Kier alpha value is -2.55. The first-order chi connectivity index (χ1) is 8.58. The lowest BCUT2D eigenvalue weighted by atomic mass is 10.2. The Kier molecular flexibility index (Phi) is 3.15. The second-order valence-corrected chi connectivity index (χ2v) is 3.99. The summed E-state index contributed by atoms with van der Waals surface area (Å²) in [5.74, 6) is -1.10. The number of hydrogen-bond acceptors (Lipinski definition) is 7. The van der Waals surface area contributed by atoms with Gasteiger partial charge in [-0.3, -0.25) is 20.2 Å². The standard InChI is InChI=1S/C9H6N4O4S/c14-7-3-5(1-2-6(7)13(16)17)8(15)11-9-12-10-4-18-9/h1-4,14H,(H,11,12,15). The van der Waals surface area contributed by atoms with Gasteiger partial charge < -0.3 is 5.11 Å². The summed E-state index contributed by atoms with van der Waals surface area (Å²) in [6, 6.07) is 3.33. The van der Waals surface area contributed by atoms with Crippen LogP contribution >= 0.6 is 11.3 Å². The number of nitrogens with one attached hydrogen (secondary N) is 1. The maximum absolute atomic E-state index is 11.7. The van der Waals surface area contributed by atoms with Gasteiger partial charge in [0.05, 0.1) is 4.92 Å². The first-order valence-electron chi connectivity index (χ1n) is 4.63. The third-order valence-electron chi connectivity index (χ3n) is 2.01. The molecule has 0 saturated carbocycles. The van der Waals surface area contributed by atoms with Crippen molar-refractivity contribution < 1.29 is 14.8 Å². The molecule has 8 nitrogen and oxygen atoms in total. The van der Waals surface area contributed by atoms with Crippen LogP contribution in [-0.4, -0.2) is 26.1 Å². The molecule has 1 aromatic heterocycles. The third kappa shape index (κ3) is 2.40. The zero-order chi connectivity index (χ0) is 13.1. The van der Waals surface area contributed by atoms with Crippen molar-refractivity contribution in [3.63, 3.8) is 0 Å². The summed E-state index contributed by atoms with van der Waals surface area (Å²) in [5.41, 5.74) is 1.08. The topological polar surface area (TPSA) is 118 Å². The van der Waals surface area contributed by atoms with Crippen LogP contribution in [0, 0.1) is 10.1 Å². The van der Waals surface area contributed by atoms with E-state index in [0.29, 0.717) is 5.13 Å². The van der Waals surface area contributed by atoms with Gasteiger partial charge in [0.25, 0.3) is 5.91 Å². The van der Waals surface area contributed by atoms with Gasteiger partial charge in [0.1, 0.15) is 5.51 Å². The molecule has 1 amide bonds. The van der Waals surface area contributed by atoms with Gasteiger partial charge in [0, 0.05) is 11.6 Å². The number of phenols is 1. The summed E-state index contributed by atoms with van der Waals surface area (Å²) in [4.78, 5) is 21.4. The Bertz CT molecular complexity index is 599. The van der Waals surface area contributed by atoms with Gasteiger partial charge >= 0.3 is 5.69 Å². The number of benzene rings is 1. The molecule has 1 aromatic carbocycles. The molecular formula is C9H6N4O4S. The number of amides is 1. The minimum atomic E-state index is -0.734. The van der Waals surface area contributed by atoms with E-state index in [0.717, 1.165) is 23.5 Å². The highest BCUT2D eigenvalue weighted by Crippen LogP contribution is 2.26. The van der Waals surface area contributed by atoms with Crippen LogP contribution in [0.3, 0.4) is 0 Å². The van der Waals surface area contributed by atoms with E-state index >= 15 is 0 Å². The maximum atomic E-state index is 11.7. The van der Waals surface area contributed by atoms with E-state index in [4.69, 9.17) is 0 Å². The molecule has 92 valence electrons. The number of nitro groups is 1. The van der Waals surface area contributed by atoms with Gasteiger partial charge in [-0.25, -0.2) is 0 Å². The van der Waals surface area contributed by atoms with Crippen molar-refractivity contribution in [1.29, 1.82) is 0 Å². The van der Waals surface area contributed by atoms with Gasteiger partial charge in [0.15, 0.2) is 5.75 Å². The monoisotopic (exact) mass is 266 g/mol. The fraction of sp³-hybridized carbons (Fsp3) is 0. The third-order valence-corrected chi connectivity index (χ3v) is 2.62. The highest BCUT2D eigenvalue weighted by molar-refractivity contribution is 7.13. The molecule has 2 aromatic rings. The predicted molar refractivity (Wildman–Crippen MR) is 62.6 cm³/mol. The summed E-state index contributed by atoms with van der Waals surface area (Å²) in [6.45, 7) is 0. The van der Waals surface area contributed by atoms with Gasteiger partial charge in [-0.2, -0.15) is 0 Å². The number of nitrogens with zero attached hydrogens (tertiary/aromatic N) is 3. The van der Waals surface area contributed by atoms with E-state index in [2.05, 4.69) is 15.5 Å². The van der Waals surface area contributed by atoms with Crippen LogP contribution in [0.2, 0.25) is 0 Å². The molecule has 0 aliphatic heterocycles. The van der Waals surface area contributed by atoms with E-state index < -0.39 is 22.3 Å². The number of phenolic OH excluding ortho intramolecular Hbond substituents is 1. The molecule has 1 heterocycles. The lowest BCUT2D eigenvalue weighted by molar-refractivity contribution is -0.385. The lowest BCUT2D eigenvalue weighted by Gasteiger charge is -2.02. The molecule has 0 aliphatic carbocycles. The van der Waals surface area contributed by atoms with Crippen LogP contribution < -0.4 is 5.32 Å². The number of carbonyl (C=O) groups excluding carboxylic acids is 1. The summed E-state index contributed by atoms with van der Waals surface area (Å²) >= 11 is 1.13. The molecule has 0 aliphatic rings. The van der Waals surface area contributed by atoms with Crippen LogP contribution in [-0.2, 0) is 0 Å². The Labute approximate surface area is 104 Å². The molecule has 0 spiro atoms. The zero-order valence-corrected chi connectivity index (χ0v) is 9.55. The molecule has 0 unspecified atom stereocenters. The first-order valence-corrected chi connectivity index (χ1v) is 5.51. The molecule has 0 radical (unpaired) electrons. The molecule has 0 fully saturated rings. The summed E-state index contributed by atoms with van der Waals surface area (Å²) in [7, 11) is 0. The van der Waals surface area contributed by atoms with Gasteiger partial charge in [0.2, 0.25) is 5.13 Å². The summed E-state index contributed by atoms with van der Waals surface area (Å²) in [5, 5.41) is 29.8. The van der Waals surface area contributed by atoms with Crippen LogP contribution in [0.5, 0.6) is 5.75 Å². The highest BCUT2D eigenvalue weighted by Gasteiger charge is 2.16. The maximum Gasteiger partial charge on any atom is 0.310 e. The SMILES string of the molecule is O=C(Nc1nncs1)c1ccc([N+](=O)[O-])c(O)c1. The van der Waals surface area contributed by atoms with E-state index in [9.17, 15) is 20.0 Å². The number of carbonyl (C=O) groups is 1. The van der Waals surface area contributed by atoms with Crippen LogP contribution in [0.15, 0.2) is 23.7 Å². The minimum absolute atomic E-state index is 0.0910. The van der Waals surface area contributed by atoms with Crippen molar-refractivity contribution in [2.24, 2.45) is 0 Å². The Balaban J connectivity index is 2.21. The second-order valence-electron chi connectivity index (χ2n) is 3.16. The number of nitro benzene ring substituents is 1. The molecule has 2 N–H and O–H groups in total. The van der Waals surface area contributed by atoms with Crippen molar-refractivity contribution >= 4 is 28.1 Å². The fourth-order valence-corrected chi connectivity index (χ4v) is 1.66. The number of anilines is 1. The summed E-state index contributed by atoms with van der Waals surface area (Å²) in [6.07, 6.45) is 0. The fourth-order valence-electron chi connectivity index (χ4n) is 1.22. The Morgan fingerprint density at radius 2 is 2.28 bits per heavy atom. The molecular weight excluding hydrogens is 260 g/mol. The average molecular weight is 266 g/mol. The van der Waals surface area contributed by atoms with Crippen molar-refractivity contribution in [2.45, 2.75) is 0 Å². The van der Waals surface area contributed by atoms with E-state index in [1.165, 1.54) is 11.6 Å². The second kappa shape index (κ2) is 4.75. The predicted octanol–water partition coefficient (Wildman–Crippen LogP) is 1.40. The number of rotatable bonds is 3. The lowest BCUT2D eigenvalue weighted by Crippen LogP contribution is -2.11. The smallest absolute Gasteiger partial charge is 0.310 e. The Morgan fingerprint density at radius 3 is 2.83 bits per heavy atom. The highest BCUT2D eigenvalue weighted by atomic mass is 32.1. The summed E-state index contributed by atoms with van der Waals surface area (Å²) < 4.78 is 0. The van der Waals surface area contributed by atoms with Crippen molar-refractivity contribution in [3.8, 4) is 5.75 Å². The number of hydrogen-bond donors (Lipinski definition) is 2.